The number of ether oxygens (including phenoxy) is 1. The molecule has 0 aliphatic heterocycles. The average molecular weight is 300 g/mol. The number of methoxy groups -OCH3 is 1. The summed E-state index contributed by atoms with van der Waals surface area (Å²) in [5, 5.41) is 9.04. The van der Waals surface area contributed by atoms with Crippen LogP contribution in [0.3, 0.4) is 0 Å². The number of aromatic nitrogens is 3. The third-order valence-corrected chi connectivity index (χ3v) is 3.42. The van der Waals surface area contributed by atoms with Crippen LogP contribution in [0.5, 0.6) is 5.75 Å². The van der Waals surface area contributed by atoms with Crippen LogP contribution in [0.1, 0.15) is 5.56 Å². The number of rotatable bonds is 4. The summed E-state index contributed by atoms with van der Waals surface area (Å²) in [5.74, 6) is 0.788. The molecule has 3 rings (SSSR count). The molecule has 21 heavy (non-hydrogen) atoms. The van der Waals surface area contributed by atoms with Crippen molar-refractivity contribution >= 4 is 11.6 Å². The van der Waals surface area contributed by atoms with Crippen LogP contribution in [0.15, 0.2) is 54.7 Å². The lowest BCUT2D eigenvalue weighted by Gasteiger charge is -2.08. The van der Waals surface area contributed by atoms with E-state index in [-0.39, 0.29) is 0 Å². The molecule has 0 fully saturated rings. The van der Waals surface area contributed by atoms with Gasteiger partial charge in [0.1, 0.15) is 11.4 Å². The van der Waals surface area contributed by atoms with Gasteiger partial charge in [0.05, 0.1) is 19.9 Å². The van der Waals surface area contributed by atoms with Crippen molar-refractivity contribution in [2.75, 3.05) is 7.11 Å². The predicted molar refractivity (Wildman–Crippen MR) is 82.6 cm³/mol. The second-order valence-electron chi connectivity index (χ2n) is 4.62. The quantitative estimate of drug-likeness (QED) is 0.738. The topological polar surface area (TPSA) is 39.9 Å². The molecule has 0 N–H and O–H groups in total. The molecule has 0 atom stereocenters. The number of hydrogen-bond acceptors (Lipinski definition) is 3. The van der Waals surface area contributed by atoms with Crippen molar-refractivity contribution in [3.63, 3.8) is 0 Å². The zero-order valence-electron chi connectivity index (χ0n) is 11.5. The monoisotopic (exact) mass is 299 g/mol. The lowest BCUT2D eigenvalue weighted by atomic mass is 10.2. The van der Waals surface area contributed by atoms with Crippen LogP contribution in [-0.2, 0) is 6.54 Å². The molecule has 0 radical (unpaired) electrons. The van der Waals surface area contributed by atoms with Crippen molar-refractivity contribution in [1.29, 1.82) is 0 Å². The van der Waals surface area contributed by atoms with E-state index in [1.54, 1.807) is 17.9 Å². The fourth-order valence-corrected chi connectivity index (χ4v) is 2.36. The van der Waals surface area contributed by atoms with E-state index >= 15 is 0 Å². The van der Waals surface area contributed by atoms with E-state index in [0.29, 0.717) is 11.6 Å². The molecule has 4 nitrogen and oxygen atoms in total. The molecule has 106 valence electrons. The fourth-order valence-electron chi connectivity index (χ4n) is 2.16. The third-order valence-electron chi connectivity index (χ3n) is 3.18. The summed E-state index contributed by atoms with van der Waals surface area (Å²) in [7, 11) is 1.64. The van der Waals surface area contributed by atoms with E-state index in [2.05, 4.69) is 10.3 Å². The molecular weight excluding hydrogens is 286 g/mol. The van der Waals surface area contributed by atoms with Gasteiger partial charge in [-0.15, -0.1) is 5.10 Å². The van der Waals surface area contributed by atoms with E-state index in [1.165, 1.54) is 0 Å². The first-order chi connectivity index (χ1) is 10.3. The SMILES string of the molecule is COc1ccc(Cl)cc1Cn1cc(-c2ccccc2)nn1. The maximum absolute atomic E-state index is 6.04. The minimum Gasteiger partial charge on any atom is -0.496 e. The Labute approximate surface area is 127 Å². The smallest absolute Gasteiger partial charge is 0.124 e. The largest absolute Gasteiger partial charge is 0.496 e. The molecule has 0 saturated heterocycles. The predicted octanol–water partition coefficient (Wildman–Crippen LogP) is 3.66. The highest BCUT2D eigenvalue weighted by Crippen LogP contribution is 2.24. The van der Waals surface area contributed by atoms with Crippen LogP contribution < -0.4 is 4.74 Å². The van der Waals surface area contributed by atoms with Gasteiger partial charge < -0.3 is 4.74 Å². The highest BCUT2D eigenvalue weighted by Gasteiger charge is 2.08. The Kier molecular flexibility index (Phi) is 3.88. The first kappa shape index (κ1) is 13.6. The van der Waals surface area contributed by atoms with Crippen molar-refractivity contribution in [1.82, 2.24) is 15.0 Å². The van der Waals surface area contributed by atoms with Crippen LogP contribution in [-0.4, -0.2) is 22.1 Å². The van der Waals surface area contributed by atoms with Gasteiger partial charge in [-0.2, -0.15) is 0 Å². The van der Waals surface area contributed by atoms with E-state index in [0.717, 1.165) is 22.6 Å². The zero-order valence-corrected chi connectivity index (χ0v) is 12.3. The molecule has 0 unspecified atom stereocenters. The molecule has 1 aromatic heterocycles. The van der Waals surface area contributed by atoms with Crippen LogP contribution >= 0.6 is 11.6 Å². The zero-order chi connectivity index (χ0) is 14.7. The molecule has 0 bridgehead atoms. The van der Waals surface area contributed by atoms with Crippen LogP contribution in [0.25, 0.3) is 11.3 Å². The number of halogens is 1. The van der Waals surface area contributed by atoms with Crippen LogP contribution in [0, 0.1) is 0 Å². The Bertz CT molecular complexity index is 740. The van der Waals surface area contributed by atoms with E-state index in [9.17, 15) is 0 Å². The van der Waals surface area contributed by atoms with Gasteiger partial charge in [-0.05, 0) is 18.2 Å². The van der Waals surface area contributed by atoms with E-state index in [1.807, 2.05) is 48.7 Å². The first-order valence-corrected chi connectivity index (χ1v) is 6.92. The first-order valence-electron chi connectivity index (χ1n) is 6.54. The summed E-state index contributed by atoms with van der Waals surface area (Å²) in [6.07, 6.45) is 1.91. The molecular formula is C16H14ClN3O. The Morgan fingerprint density at radius 1 is 1.14 bits per heavy atom. The van der Waals surface area contributed by atoms with Gasteiger partial charge in [0.25, 0.3) is 0 Å². The summed E-state index contributed by atoms with van der Waals surface area (Å²) >= 11 is 6.04. The Morgan fingerprint density at radius 3 is 2.71 bits per heavy atom. The van der Waals surface area contributed by atoms with Gasteiger partial charge in [-0.25, -0.2) is 4.68 Å². The number of benzene rings is 2. The molecule has 3 aromatic rings. The lowest BCUT2D eigenvalue weighted by molar-refractivity contribution is 0.407. The molecule has 0 spiro atoms. The lowest BCUT2D eigenvalue weighted by Crippen LogP contribution is -2.02. The summed E-state index contributed by atoms with van der Waals surface area (Å²) in [5.41, 5.74) is 2.85. The Hall–Kier alpha value is -2.33. The van der Waals surface area contributed by atoms with Crippen molar-refractivity contribution in [2.24, 2.45) is 0 Å². The molecule has 1 heterocycles. The minimum atomic E-state index is 0.559. The van der Waals surface area contributed by atoms with Crippen molar-refractivity contribution in [3.05, 3.63) is 65.3 Å². The maximum atomic E-state index is 6.04. The molecule has 0 amide bonds. The molecule has 2 aromatic carbocycles. The highest BCUT2D eigenvalue weighted by molar-refractivity contribution is 6.30. The van der Waals surface area contributed by atoms with Gasteiger partial charge in [-0.3, -0.25) is 0 Å². The van der Waals surface area contributed by atoms with Gasteiger partial charge in [0.2, 0.25) is 0 Å². The Morgan fingerprint density at radius 2 is 1.95 bits per heavy atom. The maximum Gasteiger partial charge on any atom is 0.124 e. The second kappa shape index (κ2) is 5.97. The highest BCUT2D eigenvalue weighted by atomic mass is 35.5. The summed E-state index contributed by atoms with van der Waals surface area (Å²) in [6.45, 7) is 0.559. The van der Waals surface area contributed by atoms with Crippen molar-refractivity contribution < 1.29 is 4.74 Å². The second-order valence-corrected chi connectivity index (χ2v) is 5.06. The van der Waals surface area contributed by atoms with Gasteiger partial charge in [0, 0.05) is 16.1 Å². The van der Waals surface area contributed by atoms with E-state index in [4.69, 9.17) is 16.3 Å². The number of hydrogen-bond donors (Lipinski definition) is 0. The fraction of sp³-hybridized carbons (Fsp3) is 0.125. The van der Waals surface area contributed by atoms with E-state index < -0.39 is 0 Å². The number of nitrogens with zero attached hydrogens (tertiary/aromatic N) is 3. The van der Waals surface area contributed by atoms with Crippen LogP contribution in [0.4, 0.5) is 0 Å². The van der Waals surface area contributed by atoms with Gasteiger partial charge in [0.15, 0.2) is 0 Å². The summed E-state index contributed by atoms with van der Waals surface area (Å²) in [4.78, 5) is 0. The normalized spacial score (nSPS) is 10.6. The summed E-state index contributed by atoms with van der Waals surface area (Å²) in [6, 6.07) is 15.5. The van der Waals surface area contributed by atoms with Gasteiger partial charge in [-0.1, -0.05) is 47.1 Å². The molecule has 0 aliphatic carbocycles. The standard InChI is InChI=1S/C16H14ClN3O/c1-21-16-8-7-14(17)9-13(16)10-20-11-15(18-19-20)12-5-3-2-4-6-12/h2-9,11H,10H2,1H3. The summed E-state index contributed by atoms with van der Waals surface area (Å²) < 4.78 is 7.12. The third kappa shape index (κ3) is 3.06. The van der Waals surface area contributed by atoms with Crippen LogP contribution in [0.2, 0.25) is 5.02 Å². The Balaban J connectivity index is 1.87. The minimum absolute atomic E-state index is 0.559. The van der Waals surface area contributed by atoms with Crippen molar-refractivity contribution in [2.45, 2.75) is 6.54 Å². The average Bonchev–Trinajstić information content (AvgIpc) is 2.97. The molecule has 0 aliphatic rings. The van der Waals surface area contributed by atoms with Crippen molar-refractivity contribution in [3.8, 4) is 17.0 Å². The molecule has 5 heteroatoms. The van der Waals surface area contributed by atoms with Gasteiger partial charge >= 0.3 is 0 Å². The molecule has 0 saturated carbocycles.